The predicted octanol–water partition coefficient (Wildman–Crippen LogP) is -15.4. The molecule has 0 fully saturated rings. The average molecular weight is 177 g/mol. The monoisotopic (exact) mass is 175 g/mol. The molecule has 0 amide bonds. The summed E-state index contributed by atoms with van der Waals surface area (Å²) < 4.78 is 0. The van der Waals surface area contributed by atoms with Gasteiger partial charge >= 0.3 is 93.3 Å². The van der Waals surface area contributed by atoms with E-state index >= 15 is 0 Å². The van der Waals surface area contributed by atoms with Gasteiger partial charge in [-0.1, -0.05) is 0 Å². The minimum atomic E-state index is 0. The molecule has 0 aliphatic carbocycles. The van der Waals surface area contributed by atoms with Gasteiger partial charge in [-0.25, -0.2) is 0 Å². The molecule has 0 atom stereocenters. The molecule has 24 valence electrons. The average Bonchev–Trinajstić information content (AvgIpc) is 0. The number of hydrogen-bond acceptors (Lipinski definition) is 0. The van der Waals surface area contributed by atoms with E-state index in [1.54, 1.807) is 0 Å². The summed E-state index contributed by atoms with van der Waals surface area (Å²) in [5.41, 5.74) is 0. The van der Waals surface area contributed by atoms with Crippen molar-refractivity contribution in [3.8, 4) is 0 Å². The van der Waals surface area contributed by atoms with Crippen molar-refractivity contribution in [3.05, 3.63) is 0 Å². The van der Waals surface area contributed by atoms with Gasteiger partial charge in [0, 0.05) is 0 Å². The standard InChI is InChI=1S/3ClH.K.Li.Mg/h3*1H;;;/q;;;2*+1;+2/p-3. The third kappa shape index (κ3) is 24.8. The van der Waals surface area contributed by atoms with Gasteiger partial charge < -0.3 is 37.2 Å². The maximum absolute atomic E-state index is 0. The summed E-state index contributed by atoms with van der Waals surface area (Å²) in [6.45, 7) is 0. The van der Waals surface area contributed by atoms with Crippen molar-refractivity contribution in [1.82, 2.24) is 0 Å². The van der Waals surface area contributed by atoms with Crippen molar-refractivity contribution in [2.75, 3.05) is 0 Å². The quantitative estimate of drug-likeness (QED) is 0.322. The Morgan fingerprint density at radius 2 is 0.667 bits per heavy atom. The normalized spacial score (nSPS) is 0. The summed E-state index contributed by atoms with van der Waals surface area (Å²) in [6.07, 6.45) is 0. The van der Waals surface area contributed by atoms with Crippen molar-refractivity contribution in [2.45, 2.75) is 0 Å². The van der Waals surface area contributed by atoms with Crippen LogP contribution in [0.4, 0.5) is 0 Å². The third-order valence-electron chi connectivity index (χ3n) is 0. The van der Waals surface area contributed by atoms with Crippen LogP contribution in [0.25, 0.3) is 0 Å². The Hall–Kier alpha value is 3.87. The topological polar surface area (TPSA) is 0 Å². The maximum atomic E-state index is 0. The van der Waals surface area contributed by atoms with Gasteiger partial charge in [0.05, 0.1) is 0 Å². The number of hydrogen-bond donors (Lipinski definition) is 0. The van der Waals surface area contributed by atoms with Crippen molar-refractivity contribution < 1.29 is 107 Å². The van der Waals surface area contributed by atoms with E-state index in [0.29, 0.717) is 0 Å². The molecule has 0 saturated heterocycles. The molecule has 0 aromatic heterocycles. The fourth-order valence-corrected chi connectivity index (χ4v) is 0. The molecule has 0 unspecified atom stereocenters. The zero-order valence-electron chi connectivity index (χ0n) is 3.84. The molecular formula is Cl3KLiMg+. The van der Waals surface area contributed by atoms with E-state index in [4.69, 9.17) is 0 Å². The second-order valence-corrected chi connectivity index (χ2v) is 0. The maximum Gasteiger partial charge on any atom is 2.00 e. The van der Waals surface area contributed by atoms with E-state index < -0.39 is 0 Å². The van der Waals surface area contributed by atoms with E-state index in [1.165, 1.54) is 0 Å². The molecule has 6 heavy (non-hydrogen) atoms. The molecule has 0 bridgehead atoms. The first-order valence-corrected chi connectivity index (χ1v) is 0. The van der Waals surface area contributed by atoms with Crippen molar-refractivity contribution in [1.29, 1.82) is 0 Å². The van der Waals surface area contributed by atoms with Crippen LogP contribution in [-0.2, 0) is 0 Å². The largest absolute Gasteiger partial charge is 2.00 e. The Labute approximate surface area is 127 Å². The van der Waals surface area contributed by atoms with E-state index in [2.05, 4.69) is 0 Å². The van der Waals surface area contributed by atoms with Crippen LogP contribution < -0.4 is 107 Å². The van der Waals surface area contributed by atoms with Crippen LogP contribution >= 0.6 is 0 Å². The predicted molar refractivity (Wildman–Crippen MR) is 5.75 cm³/mol. The molecule has 0 nitrogen and oxygen atoms in total. The smallest absolute Gasteiger partial charge is 1.00 e. The first-order chi connectivity index (χ1) is 0. The van der Waals surface area contributed by atoms with Crippen LogP contribution in [0.1, 0.15) is 0 Å². The van der Waals surface area contributed by atoms with E-state index in [-0.39, 0.29) is 131 Å². The third-order valence-corrected chi connectivity index (χ3v) is 0. The fraction of sp³-hybridized carbons (Fsp3) is 0. The molecular weight excluding hydrogens is 177 g/mol. The summed E-state index contributed by atoms with van der Waals surface area (Å²) in [6, 6.07) is 0. The Balaban J connectivity index is 0. The van der Waals surface area contributed by atoms with Gasteiger partial charge in [0.2, 0.25) is 0 Å². The molecule has 0 spiro atoms. The van der Waals surface area contributed by atoms with Gasteiger partial charge in [-0.2, -0.15) is 0 Å². The van der Waals surface area contributed by atoms with Gasteiger partial charge in [-0.05, 0) is 0 Å². The van der Waals surface area contributed by atoms with Crippen molar-refractivity contribution in [2.24, 2.45) is 0 Å². The molecule has 0 radical (unpaired) electrons. The first kappa shape index (κ1) is 51.8. The Morgan fingerprint density at radius 1 is 0.667 bits per heavy atom. The molecule has 0 heterocycles. The van der Waals surface area contributed by atoms with Gasteiger partial charge in [0.1, 0.15) is 0 Å². The first-order valence-electron chi connectivity index (χ1n) is 0. The van der Waals surface area contributed by atoms with Gasteiger partial charge in [-0.3, -0.25) is 0 Å². The molecule has 0 N–H and O–H groups in total. The molecule has 0 aliphatic rings. The minimum absolute atomic E-state index is 0. The SMILES string of the molecule is [Cl-].[Cl-].[Cl-].[K+].[Li+].[Mg+2]. The summed E-state index contributed by atoms with van der Waals surface area (Å²) in [5.74, 6) is 0. The number of rotatable bonds is 0. The number of halogens is 3. The summed E-state index contributed by atoms with van der Waals surface area (Å²) in [4.78, 5) is 0. The molecule has 0 saturated carbocycles. The zero-order chi connectivity index (χ0) is 0. The van der Waals surface area contributed by atoms with E-state index in [1.807, 2.05) is 0 Å². The second-order valence-electron chi connectivity index (χ2n) is 0. The molecule has 0 aromatic rings. The zero-order valence-corrected chi connectivity index (χ0v) is 10.6. The fourth-order valence-electron chi connectivity index (χ4n) is 0. The summed E-state index contributed by atoms with van der Waals surface area (Å²) >= 11 is 0. The van der Waals surface area contributed by atoms with Crippen LogP contribution in [0.15, 0.2) is 0 Å². The van der Waals surface area contributed by atoms with Gasteiger partial charge in [0.15, 0.2) is 0 Å². The van der Waals surface area contributed by atoms with Crippen molar-refractivity contribution >= 4 is 23.1 Å². The molecule has 0 rings (SSSR count). The molecule has 6 heteroatoms. The summed E-state index contributed by atoms with van der Waals surface area (Å²) in [7, 11) is 0. The van der Waals surface area contributed by atoms with Crippen LogP contribution in [0.5, 0.6) is 0 Å². The Kier molecular flexibility index (Phi) is 317. The van der Waals surface area contributed by atoms with Crippen LogP contribution in [0, 0.1) is 0 Å². The van der Waals surface area contributed by atoms with Crippen LogP contribution in [-0.4, -0.2) is 23.1 Å². The van der Waals surface area contributed by atoms with E-state index in [9.17, 15) is 0 Å². The summed E-state index contributed by atoms with van der Waals surface area (Å²) in [5, 5.41) is 0. The van der Waals surface area contributed by atoms with Crippen molar-refractivity contribution in [3.63, 3.8) is 0 Å². The van der Waals surface area contributed by atoms with Gasteiger partial charge in [0.25, 0.3) is 0 Å². The van der Waals surface area contributed by atoms with Gasteiger partial charge in [-0.15, -0.1) is 0 Å². The minimum Gasteiger partial charge on any atom is -1.00 e. The Morgan fingerprint density at radius 3 is 0.667 bits per heavy atom. The molecule has 0 aliphatic heterocycles. The Bertz CT molecular complexity index is 10.8. The van der Waals surface area contributed by atoms with Crippen LogP contribution in [0.3, 0.4) is 0 Å². The molecule has 0 aromatic carbocycles. The second kappa shape index (κ2) is 36.7. The van der Waals surface area contributed by atoms with E-state index in [0.717, 1.165) is 0 Å². The van der Waals surface area contributed by atoms with Crippen LogP contribution in [0.2, 0.25) is 0 Å².